The third-order valence-electron chi connectivity index (χ3n) is 1.89. The van der Waals surface area contributed by atoms with Gasteiger partial charge in [-0.05, 0) is 44.6 Å². The van der Waals surface area contributed by atoms with Gasteiger partial charge in [0.25, 0.3) is 0 Å². The maximum atomic E-state index is 5.13. The van der Waals surface area contributed by atoms with Crippen molar-refractivity contribution in [3.05, 3.63) is 36.0 Å². The van der Waals surface area contributed by atoms with Gasteiger partial charge in [-0.2, -0.15) is 0 Å². The molecule has 0 bridgehead atoms. The maximum Gasteiger partial charge on any atom is 0.171 e. The Morgan fingerprint density at radius 2 is 2.25 bits per heavy atom. The van der Waals surface area contributed by atoms with Crippen molar-refractivity contribution in [3.63, 3.8) is 0 Å². The molecule has 0 fully saturated rings. The second-order valence-electron chi connectivity index (χ2n) is 3.67. The summed E-state index contributed by atoms with van der Waals surface area (Å²) < 4.78 is 0. The van der Waals surface area contributed by atoms with Crippen molar-refractivity contribution in [2.75, 3.05) is 11.9 Å². The number of hydrogen-bond donors (Lipinski definition) is 2. The van der Waals surface area contributed by atoms with Gasteiger partial charge in [-0.25, -0.2) is 4.98 Å². The van der Waals surface area contributed by atoms with Crippen molar-refractivity contribution in [2.24, 2.45) is 0 Å². The van der Waals surface area contributed by atoms with Gasteiger partial charge in [0, 0.05) is 12.7 Å². The van der Waals surface area contributed by atoms with Gasteiger partial charge in [-0.3, -0.25) is 0 Å². The lowest BCUT2D eigenvalue weighted by atomic mass is 10.3. The van der Waals surface area contributed by atoms with Gasteiger partial charge >= 0.3 is 0 Å². The van der Waals surface area contributed by atoms with Crippen LogP contribution in [0.1, 0.15) is 20.3 Å². The number of allylic oxidation sites excluding steroid dienone is 1. The number of aromatic nitrogens is 1. The van der Waals surface area contributed by atoms with Crippen LogP contribution in [0.2, 0.25) is 0 Å². The van der Waals surface area contributed by atoms with E-state index in [-0.39, 0.29) is 0 Å². The van der Waals surface area contributed by atoms with Crippen molar-refractivity contribution in [1.29, 1.82) is 0 Å². The van der Waals surface area contributed by atoms with Crippen LogP contribution in [0, 0.1) is 0 Å². The maximum absolute atomic E-state index is 5.13. The highest BCUT2D eigenvalue weighted by Crippen LogP contribution is 1.99. The van der Waals surface area contributed by atoms with Crippen molar-refractivity contribution in [3.8, 4) is 0 Å². The summed E-state index contributed by atoms with van der Waals surface area (Å²) in [7, 11) is 0. The Hall–Kier alpha value is -1.42. The van der Waals surface area contributed by atoms with E-state index in [1.54, 1.807) is 6.20 Å². The molecule has 3 nitrogen and oxygen atoms in total. The zero-order valence-electron chi connectivity index (χ0n) is 9.66. The number of nitrogens with one attached hydrogen (secondary N) is 2. The second kappa shape index (κ2) is 6.95. The molecule has 2 N–H and O–H groups in total. The normalized spacial score (nSPS) is 9.38. The molecule has 0 aliphatic heterocycles. The topological polar surface area (TPSA) is 37.0 Å². The lowest BCUT2D eigenvalue weighted by molar-refractivity contribution is 0.891. The molecule has 0 atom stereocenters. The van der Waals surface area contributed by atoms with Crippen LogP contribution in [-0.2, 0) is 0 Å². The molecule has 1 aromatic rings. The number of rotatable bonds is 4. The summed E-state index contributed by atoms with van der Waals surface area (Å²) in [5.41, 5.74) is 1.32. The molecule has 1 heterocycles. The summed E-state index contributed by atoms with van der Waals surface area (Å²) in [6.45, 7) is 5.01. The van der Waals surface area contributed by atoms with Crippen molar-refractivity contribution < 1.29 is 0 Å². The van der Waals surface area contributed by atoms with E-state index in [4.69, 9.17) is 12.2 Å². The quantitative estimate of drug-likeness (QED) is 0.478. The first-order valence-electron chi connectivity index (χ1n) is 5.28. The number of pyridine rings is 1. The molecular formula is C12H17N3S. The third-order valence-corrected chi connectivity index (χ3v) is 2.14. The summed E-state index contributed by atoms with van der Waals surface area (Å²) >= 11 is 5.13. The Balaban J connectivity index is 2.24. The fourth-order valence-electron chi connectivity index (χ4n) is 1.14. The van der Waals surface area contributed by atoms with Gasteiger partial charge in [-0.1, -0.05) is 17.7 Å². The summed E-state index contributed by atoms with van der Waals surface area (Å²) in [4.78, 5) is 4.12. The van der Waals surface area contributed by atoms with Gasteiger partial charge < -0.3 is 10.6 Å². The SMILES string of the molecule is CC(C)=CCCNC(=S)Nc1ccccn1. The standard InChI is InChI=1S/C12H17N3S/c1-10(2)6-5-9-14-12(16)15-11-7-3-4-8-13-11/h3-4,6-8H,5,9H2,1-2H3,(H2,13,14,15,16). The van der Waals surface area contributed by atoms with Crippen LogP contribution in [0.4, 0.5) is 5.82 Å². The van der Waals surface area contributed by atoms with Gasteiger partial charge in [0.1, 0.15) is 5.82 Å². The number of anilines is 1. The molecule has 16 heavy (non-hydrogen) atoms. The highest BCUT2D eigenvalue weighted by molar-refractivity contribution is 7.80. The summed E-state index contributed by atoms with van der Waals surface area (Å²) in [6.07, 6.45) is 4.89. The molecule has 0 aliphatic rings. The average Bonchev–Trinajstić information content (AvgIpc) is 2.25. The molecule has 1 rings (SSSR count). The third kappa shape index (κ3) is 5.46. The van der Waals surface area contributed by atoms with Crippen LogP contribution in [0.3, 0.4) is 0 Å². The minimum atomic E-state index is 0.612. The van der Waals surface area contributed by atoms with Crippen molar-refractivity contribution >= 4 is 23.1 Å². The van der Waals surface area contributed by atoms with E-state index in [9.17, 15) is 0 Å². The van der Waals surface area contributed by atoms with Crippen LogP contribution in [0.5, 0.6) is 0 Å². The Kier molecular flexibility index (Phi) is 5.50. The van der Waals surface area contributed by atoms with Gasteiger partial charge in [0.15, 0.2) is 5.11 Å². The van der Waals surface area contributed by atoms with Gasteiger partial charge in [0.05, 0.1) is 0 Å². The molecule has 4 heteroatoms. The Morgan fingerprint density at radius 3 is 2.88 bits per heavy atom. The predicted molar refractivity (Wildman–Crippen MR) is 72.5 cm³/mol. The Labute approximate surface area is 102 Å². The fourth-order valence-corrected chi connectivity index (χ4v) is 1.35. The van der Waals surface area contributed by atoms with E-state index >= 15 is 0 Å². The second-order valence-corrected chi connectivity index (χ2v) is 4.07. The molecule has 0 amide bonds. The Bertz CT molecular complexity index is 356. The van der Waals surface area contributed by atoms with E-state index in [0.717, 1.165) is 18.8 Å². The number of hydrogen-bond acceptors (Lipinski definition) is 2. The molecule has 0 saturated heterocycles. The zero-order valence-corrected chi connectivity index (χ0v) is 10.5. The van der Waals surface area contributed by atoms with Crippen LogP contribution in [0.25, 0.3) is 0 Å². The van der Waals surface area contributed by atoms with Crippen LogP contribution in [-0.4, -0.2) is 16.6 Å². The average molecular weight is 235 g/mol. The molecule has 0 radical (unpaired) electrons. The number of thiocarbonyl (C=S) groups is 1. The fraction of sp³-hybridized carbons (Fsp3) is 0.333. The summed E-state index contributed by atoms with van der Waals surface area (Å²) in [5, 5.41) is 6.75. The first kappa shape index (κ1) is 12.6. The molecule has 0 saturated carbocycles. The molecule has 0 spiro atoms. The smallest absolute Gasteiger partial charge is 0.171 e. The minimum absolute atomic E-state index is 0.612. The predicted octanol–water partition coefficient (Wildman–Crippen LogP) is 2.72. The van der Waals surface area contributed by atoms with Crippen molar-refractivity contribution in [1.82, 2.24) is 10.3 Å². The number of nitrogens with zero attached hydrogens (tertiary/aromatic N) is 1. The van der Waals surface area contributed by atoms with Crippen LogP contribution in [0.15, 0.2) is 36.0 Å². The van der Waals surface area contributed by atoms with E-state index in [1.807, 2.05) is 18.2 Å². The van der Waals surface area contributed by atoms with E-state index in [2.05, 4.69) is 35.5 Å². The largest absolute Gasteiger partial charge is 0.362 e. The zero-order chi connectivity index (χ0) is 11.8. The molecule has 1 aromatic heterocycles. The molecule has 0 aromatic carbocycles. The molecule has 0 aliphatic carbocycles. The first-order chi connectivity index (χ1) is 7.68. The summed E-state index contributed by atoms with van der Waals surface area (Å²) in [5.74, 6) is 0.766. The van der Waals surface area contributed by atoms with E-state index in [0.29, 0.717) is 5.11 Å². The lowest BCUT2D eigenvalue weighted by Gasteiger charge is -2.08. The highest BCUT2D eigenvalue weighted by Gasteiger charge is 1.95. The van der Waals surface area contributed by atoms with Crippen LogP contribution >= 0.6 is 12.2 Å². The Morgan fingerprint density at radius 1 is 1.44 bits per heavy atom. The van der Waals surface area contributed by atoms with Gasteiger partial charge in [0.2, 0.25) is 0 Å². The van der Waals surface area contributed by atoms with E-state index in [1.165, 1.54) is 5.57 Å². The minimum Gasteiger partial charge on any atom is -0.362 e. The molecule has 0 unspecified atom stereocenters. The van der Waals surface area contributed by atoms with E-state index < -0.39 is 0 Å². The lowest BCUT2D eigenvalue weighted by Crippen LogP contribution is -2.29. The first-order valence-corrected chi connectivity index (χ1v) is 5.68. The summed E-state index contributed by atoms with van der Waals surface area (Å²) in [6, 6.07) is 5.67. The van der Waals surface area contributed by atoms with Crippen molar-refractivity contribution in [2.45, 2.75) is 20.3 Å². The van der Waals surface area contributed by atoms with Gasteiger partial charge in [-0.15, -0.1) is 0 Å². The highest BCUT2D eigenvalue weighted by atomic mass is 32.1. The monoisotopic (exact) mass is 235 g/mol. The molecule has 86 valence electrons. The van der Waals surface area contributed by atoms with Crippen LogP contribution < -0.4 is 10.6 Å². The molecular weight excluding hydrogens is 218 g/mol.